The van der Waals surface area contributed by atoms with Crippen molar-refractivity contribution in [1.29, 1.82) is 0 Å². The fourth-order valence-corrected chi connectivity index (χ4v) is 5.66. The lowest BCUT2D eigenvalue weighted by molar-refractivity contribution is -0.110. The van der Waals surface area contributed by atoms with Gasteiger partial charge in [0.05, 0.1) is 11.3 Å². The lowest BCUT2D eigenvalue weighted by atomic mass is 9.95. The number of carbonyl (C=O) groups excluding carboxylic acids is 2. The van der Waals surface area contributed by atoms with E-state index < -0.39 is 0 Å². The Morgan fingerprint density at radius 3 is 2.71 bits per heavy atom. The minimum Gasteiger partial charge on any atom is -0.322 e. The van der Waals surface area contributed by atoms with Gasteiger partial charge in [-0.05, 0) is 68.5 Å². The van der Waals surface area contributed by atoms with Crippen LogP contribution in [-0.2, 0) is 17.6 Å². The van der Waals surface area contributed by atoms with E-state index in [9.17, 15) is 9.59 Å². The van der Waals surface area contributed by atoms with Gasteiger partial charge in [0.1, 0.15) is 10.7 Å². The fourth-order valence-electron chi connectivity index (χ4n) is 4.03. The number of hydrogen-bond acceptors (Lipinski definition) is 4. The number of amides is 2. The van der Waals surface area contributed by atoms with Crippen molar-refractivity contribution < 1.29 is 9.59 Å². The van der Waals surface area contributed by atoms with Crippen LogP contribution >= 0.6 is 27.3 Å². The standard InChI is InChI=1S/C24H20BrN3O2S/c1-13-6-9-15(10-7-13)26-22(29)20-16-4-2-3-5-19(16)31-24(20)28-21-17-12-14(25)8-11-18(17)27-23(21)30/h6-12H,2-5H2,1H3,(H,26,29)(H,27,28,30). The summed E-state index contributed by atoms with van der Waals surface area (Å²) >= 11 is 5.00. The van der Waals surface area contributed by atoms with Crippen molar-refractivity contribution in [3.05, 3.63) is 74.1 Å². The molecule has 2 aliphatic rings. The molecule has 0 unspecified atom stereocenters. The highest BCUT2D eigenvalue weighted by Crippen LogP contribution is 2.41. The quantitative estimate of drug-likeness (QED) is 0.467. The highest BCUT2D eigenvalue weighted by atomic mass is 79.9. The maximum atomic E-state index is 13.3. The van der Waals surface area contributed by atoms with Gasteiger partial charge in [0.25, 0.3) is 11.8 Å². The summed E-state index contributed by atoms with van der Waals surface area (Å²) in [7, 11) is 0. The van der Waals surface area contributed by atoms with Gasteiger partial charge in [-0.15, -0.1) is 11.3 Å². The number of aryl methyl sites for hydroxylation is 2. The van der Waals surface area contributed by atoms with E-state index in [4.69, 9.17) is 4.99 Å². The highest BCUT2D eigenvalue weighted by Gasteiger charge is 2.30. The smallest absolute Gasteiger partial charge is 0.275 e. The van der Waals surface area contributed by atoms with E-state index in [2.05, 4.69) is 26.6 Å². The van der Waals surface area contributed by atoms with Crippen molar-refractivity contribution in [2.75, 3.05) is 10.6 Å². The van der Waals surface area contributed by atoms with Gasteiger partial charge >= 0.3 is 0 Å². The van der Waals surface area contributed by atoms with Crippen LogP contribution in [0.4, 0.5) is 16.4 Å². The van der Waals surface area contributed by atoms with Crippen LogP contribution < -0.4 is 10.6 Å². The van der Waals surface area contributed by atoms with Crippen LogP contribution in [-0.4, -0.2) is 17.5 Å². The molecule has 0 spiro atoms. The molecule has 1 aliphatic carbocycles. The number of hydrogen-bond donors (Lipinski definition) is 2. The van der Waals surface area contributed by atoms with Gasteiger partial charge in [-0.1, -0.05) is 33.6 Å². The summed E-state index contributed by atoms with van der Waals surface area (Å²) in [5.74, 6) is -0.417. The summed E-state index contributed by atoms with van der Waals surface area (Å²) in [5, 5.41) is 6.49. The number of nitrogens with zero attached hydrogens (tertiary/aromatic N) is 1. The lowest BCUT2D eigenvalue weighted by Gasteiger charge is -2.13. The molecule has 7 heteroatoms. The van der Waals surface area contributed by atoms with Crippen LogP contribution in [0.5, 0.6) is 0 Å². The van der Waals surface area contributed by atoms with Crippen LogP contribution in [0.25, 0.3) is 0 Å². The van der Waals surface area contributed by atoms with E-state index in [-0.39, 0.29) is 11.8 Å². The van der Waals surface area contributed by atoms with Gasteiger partial charge in [0, 0.05) is 20.6 Å². The predicted molar refractivity (Wildman–Crippen MR) is 129 cm³/mol. The Hall–Kier alpha value is -2.77. The van der Waals surface area contributed by atoms with E-state index >= 15 is 0 Å². The molecule has 2 N–H and O–H groups in total. The molecule has 0 fully saturated rings. The molecule has 0 atom stereocenters. The van der Waals surface area contributed by atoms with Crippen molar-refractivity contribution in [3.63, 3.8) is 0 Å². The van der Waals surface area contributed by atoms with Gasteiger partial charge in [-0.3, -0.25) is 9.59 Å². The Morgan fingerprint density at radius 1 is 1.13 bits per heavy atom. The molecule has 1 aromatic heterocycles. The predicted octanol–water partition coefficient (Wildman–Crippen LogP) is 6.02. The molecule has 5 rings (SSSR count). The van der Waals surface area contributed by atoms with Crippen LogP contribution in [0.3, 0.4) is 0 Å². The molecule has 1 aliphatic heterocycles. The zero-order valence-electron chi connectivity index (χ0n) is 16.9. The summed E-state index contributed by atoms with van der Waals surface area (Å²) in [5.41, 5.74) is 5.39. The number of benzene rings is 2. The number of halogens is 1. The Balaban J connectivity index is 1.58. The fraction of sp³-hybridized carbons (Fsp3) is 0.208. The first-order valence-electron chi connectivity index (χ1n) is 10.2. The molecule has 2 amide bonds. The minimum absolute atomic E-state index is 0.171. The molecule has 5 nitrogen and oxygen atoms in total. The minimum atomic E-state index is -0.246. The van der Waals surface area contributed by atoms with Gasteiger partial charge in [-0.2, -0.15) is 0 Å². The molecule has 156 valence electrons. The molecular weight excluding hydrogens is 474 g/mol. The van der Waals surface area contributed by atoms with Gasteiger partial charge < -0.3 is 10.6 Å². The molecule has 0 radical (unpaired) electrons. The van der Waals surface area contributed by atoms with Crippen LogP contribution in [0, 0.1) is 6.92 Å². The van der Waals surface area contributed by atoms with Gasteiger partial charge in [-0.25, -0.2) is 4.99 Å². The number of fused-ring (bicyclic) bond motifs is 2. The van der Waals surface area contributed by atoms with Crippen molar-refractivity contribution in [1.82, 2.24) is 0 Å². The Kier molecular flexibility index (Phi) is 5.24. The maximum absolute atomic E-state index is 13.3. The van der Waals surface area contributed by atoms with Crippen LogP contribution in [0.2, 0.25) is 0 Å². The van der Waals surface area contributed by atoms with Crippen molar-refractivity contribution in [3.8, 4) is 0 Å². The first-order chi connectivity index (χ1) is 15.0. The second-order valence-corrected chi connectivity index (χ2v) is 9.81. The molecule has 0 saturated carbocycles. The number of rotatable bonds is 3. The average Bonchev–Trinajstić information content (AvgIpc) is 3.27. The zero-order valence-corrected chi connectivity index (χ0v) is 19.3. The van der Waals surface area contributed by atoms with Crippen LogP contribution in [0.15, 0.2) is 51.9 Å². The average molecular weight is 494 g/mol. The third-order valence-corrected chi connectivity index (χ3v) is 7.28. The Morgan fingerprint density at radius 2 is 1.90 bits per heavy atom. The topological polar surface area (TPSA) is 70.6 Å². The third-order valence-electron chi connectivity index (χ3n) is 5.60. The second kappa shape index (κ2) is 8.05. The molecular formula is C24H20BrN3O2S. The van der Waals surface area contributed by atoms with Crippen molar-refractivity contribution >= 4 is 61.2 Å². The van der Waals surface area contributed by atoms with Gasteiger partial charge in [0.15, 0.2) is 0 Å². The van der Waals surface area contributed by atoms with Crippen molar-refractivity contribution in [2.45, 2.75) is 32.6 Å². The van der Waals surface area contributed by atoms with E-state index in [1.807, 2.05) is 49.4 Å². The highest BCUT2D eigenvalue weighted by molar-refractivity contribution is 9.10. The molecule has 2 aromatic carbocycles. The molecule has 2 heterocycles. The normalized spacial score (nSPS) is 16.1. The Labute approximate surface area is 192 Å². The summed E-state index contributed by atoms with van der Waals surface area (Å²) in [6.07, 6.45) is 3.98. The summed E-state index contributed by atoms with van der Waals surface area (Å²) in [6, 6.07) is 13.4. The number of nitrogens with one attached hydrogen (secondary N) is 2. The second-order valence-electron chi connectivity index (χ2n) is 7.82. The van der Waals surface area contributed by atoms with E-state index in [0.717, 1.165) is 58.2 Å². The van der Waals surface area contributed by atoms with E-state index in [1.165, 1.54) is 16.2 Å². The summed E-state index contributed by atoms with van der Waals surface area (Å²) < 4.78 is 0.873. The first kappa shape index (κ1) is 20.2. The number of anilines is 2. The number of carbonyl (C=O) groups is 2. The summed E-state index contributed by atoms with van der Waals surface area (Å²) in [4.78, 5) is 31.9. The largest absolute Gasteiger partial charge is 0.322 e. The SMILES string of the molecule is Cc1ccc(NC(=O)c2c(N=C3C(=O)Nc4ccc(Br)cc43)sc3c2CCCC3)cc1. The van der Waals surface area contributed by atoms with E-state index in [1.54, 1.807) is 0 Å². The monoisotopic (exact) mass is 493 g/mol. The van der Waals surface area contributed by atoms with Crippen molar-refractivity contribution in [2.24, 2.45) is 4.99 Å². The molecule has 0 saturated heterocycles. The lowest BCUT2D eigenvalue weighted by Crippen LogP contribution is -2.16. The number of aliphatic imine (C=N–C) groups is 1. The molecule has 0 bridgehead atoms. The third kappa shape index (κ3) is 3.83. The number of thiophene rings is 1. The van der Waals surface area contributed by atoms with Gasteiger partial charge in [0.2, 0.25) is 0 Å². The molecule has 31 heavy (non-hydrogen) atoms. The maximum Gasteiger partial charge on any atom is 0.275 e. The van der Waals surface area contributed by atoms with E-state index in [0.29, 0.717) is 16.3 Å². The first-order valence-corrected chi connectivity index (χ1v) is 11.8. The Bertz CT molecular complexity index is 1240. The van der Waals surface area contributed by atoms with Crippen LogP contribution in [0.1, 0.15) is 44.8 Å². The molecule has 3 aromatic rings. The summed E-state index contributed by atoms with van der Waals surface area (Å²) in [6.45, 7) is 2.01. The zero-order chi connectivity index (χ0) is 21.5.